The molecule has 2 heterocycles. The van der Waals surface area contributed by atoms with Gasteiger partial charge in [0.1, 0.15) is 6.61 Å². The molecule has 1 aromatic carbocycles. The Labute approximate surface area is 156 Å². The molecule has 5 nitrogen and oxygen atoms in total. The maximum atomic E-state index is 12.6. The SMILES string of the molecule is O=C(Cc1c[nH]c2ccccc12)N1CCN(CCCOCC(F)(F)F)CC1. The van der Waals surface area contributed by atoms with Gasteiger partial charge in [-0.2, -0.15) is 13.2 Å². The molecule has 3 rings (SSSR count). The number of aromatic amines is 1. The Kier molecular flexibility index (Phi) is 6.38. The third-order valence-electron chi connectivity index (χ3n) is 4.77. The Morgan fingerprint density at radius 3 is 2.63 bits per heavy atom. The standard InChI is InChI=1S/C19H24F3N3O2/c20-19(21,22)14-27-11-3-6-24-7-9-25(10-8-24)18(26)12-15-13-23-17-5-2-1-4-16(15)17/h1-2,4-5,13,23H,3,6-12,14H2. The van der Waals surface area contributed by atoms with Crippen LogP contribution < -0.4 is 0 Å². The minimum absolute atomic E-state index is 0.0964. The number of benzene rings is 1. The van der Waals surface area contributed by atoms with E-state index in [2.05, 4.69) is 14.6 Å². The summed E-state index contributed by atoms with van der Waals surface area (Å²) in [5.41, 5.74) is 2.03. The zero-order chi connectivity index (χ0) is 19.3. The summed E-state index contributed by atoms with van der Waals surface area (Å²) in [6, 6.07) is 7.91. The van der Waals surface area contributed by atoms with E-state index in [-0.39, 0.29) is 12.5 Å². The molecule has 1 amide bonds. The van der Waals surface area contributed by atoms with E-state index in [9.17, 15) is 18.0 Å². The van der Waals surface area contributed by atoms with Crippen molar-refractivity contribution in [3.63, 3.8) is 0 Å². The van der Waals surface area contributed by atoms with Crippen LogP contribution in [-0.4, -0.2) is 72.8 Å². The Morgan fingerprint density at radius 2 is 1.89 bits per heavy atom. The first-order valence-corrected chi connectivity index (χ1v) is 9.12. The van der Waals surface area contributed by atoms with Gasteiger partial charge in [-0.1, -0.05) is 18.2 Å². The summed E-state index contributed by atoms with van der Waals surface area (Å²) in [6.45, 7) is 2.34. The van der Waals surface area contributed by atoms with Crippen LogP contribution in [0.3, 0.4) is 0 Å². The van der Waals surface area contributed by atoms with Crippen LogP contribution in [-0.2, 0) is 16.0 Å². The number of para-hydroxylation sites is 1. The van der Waals surface area contributed by atoms with Gasteiger partial charge in [-0.15, -0.1) is 0 Å². The van der Waals surface area contributed by atoms with Crippen molar-refractivity contribution in [2.24, 2.45) is 0 Å². The molecule has 1 saturated heterocycles. The number of halogens is 3. The topological polar surface area (TPSA) is 48.6 Å². The molecule has 0 spiro atoms. The van der Waals surface area contributed by atoms with Crippen molar-refractivity contribution in [2.75, 3.05) is 45.9 Å². The molecule has 8 heteroatoms. The van der Waals surface area contributed by atoms with Crippen molar-refractivity contribution >= 4 is 16.8 Å². The summed E-state index contributed by atoms with van der Waals surface area (Å²) in [5, 5.41) is 1.07. The number of fused-ring (bicyclic) bond motifs is 1. The second kappa shape index (κ2) is 8.75. The predicted octanol–water partition coefficient (Wildman–Crippen LogP) is 2.82. The van der Waals surface area contributed by atoms with Crippen molar-refractivity contribution in [1.29, 1.82) is 0 Å². The van der Waals surface area contributed by atoms with Gasteiger partial charge < -0.3 is 14.6 Å². The molecule has 0 unspecified atom stereocenters. The van der Waals surface area contributed by atoms with Crippen LogP contribution in [0.5, 0.6) is 0 Å². The van der Waals surface area contributed by atoms with Gasteiger partial charge in [0.25, 0.3) is 0 Å². The van der Waals surface area contributed by atoms with Crippen LogP contribution in [0.4, 0.5) is 13.2 Å². The number of carbonyl (C=O) groups is 1. The average Bonchev–Trinajstić information content (AvgIpc) is 3.04. The highest BCUT2D eigenvalue weighted by molar-refractivity contribution is 5.88. The number of nitrogens with one attached hydrogen (secondary N) is 1. The summed E-state index contributed by atoms with van der Waals surface area (Å²) >= 11 is 0. The van der Waals surface area contributed by atoms with Gasteiger partial charge in [-0.3, -0.25) is 9.69 Å². The molecule has 1 fully saturated rings. The largest absolute Gasteiger partial charge is 0.411 e. The maximum Gasteiger partial charge on any atom is 0.411 e. The first-order chi connectivity index (χ1) is 12.9. The van der Waals surface area contributed by atoms with E-state index in [4.69, 9.17) is 0 Å². The van der Waals surface area contributed by atoms with Gasteiger partial charge in [-0.05, 0) is 18.1 Å². The molecule has 0 aliphatic carbocycles. The number of hydrogen-bond acceptors (Lipinski definition) is 3. The fraction of sp³-hybridized carbons (Fsp3) is 0.526. The van der Waals surface area contributed by atoms with Crippen molar-refractivity contribution in [3.05, 3.63) is 36.0 Å². The van der Waals surface area contributed by atoms with Crippen LogP contribution in [0.1, 0.15) is 12.0 Å². The minimum Gasteiger partial charge on any atom is -0.372 e. The smallest absolute Gasteiger partial charge is 0.372 e. The van der Waals surface area contributed by atoms with Crippen LogP contribution >= 0.6 is 0 Å². The Hall–Kier alpha value is -2.06. The lowest BCUT2D eigenvalue weighted by Gasteiger charge is -2.34. The zero-order valence-electron chi connectivity index (χ0n) is 15.1. The van der Waals surface area contributed by atoms with E-state index in [0.29, 0.717) is 32.5 Å². The van der Waals surface area contributed by atoms with Crippen molar-refractivity contribution in [2.45, 2.75) is 19.0 Å². The number of ether oxygens (including phenoxy) is 1. The fourth-order valence-electron chi connectivity index (χ4n) is 3.35. The predicted molar refractivity (Wildman–Crippen MR) is 96.5 cm³/mol. The molecule has 0 radical (unpaired) electrons. The molecule has 1 aliphatic heterocycles. The highest BCUT2D eigenvalue weighted by Gasteiger charge is 2.27. The molecule has 2 aromatic rings. The number of rotatable bonds is 7. The van der Waals surface area contributed by atoms with E-state index in [0.717, 1.165) is 29.6 Å². The fourth-order valence-corrected chi connectivity index (χ4v) is 3.35. The number of aromatic nitrogens is 1. The lowest BCUT2D eigenvalue weighted by Crippen LogP contribution is -2.49. The van der Waals surface area contributed by atoms with Crippen LogP contribution in [0, 0.1) is 0 Å². The third kappa shape index (κ3) is 5.71. The average molecular weight is 383 g/mol. The number of H-pyrrole nitrogens is 1. The first-order valence-electron chi connectivity index (χ1n) is 9.12. The van der Waals surface area contributed by atoms with Crippen molar-refractivity contribution in [3.8, 4) is 0 Å². The molecule has 148 valence electrons. The summed E-state index contributed by atoms with van der Waals surface area (Å²) in [7, 11) is 0. The van der Waals surface area contributed by atoms with Crippen molar-refractivity contribution < 1.29 is 22.7 Å². The summed E-state index contributed by atoms with van der Waals surface area (Å²) < 4.78 is 40.6. The Balaban J connectivity index is 1.38. The number of piperazine rings is 1. The number of alkyl halides is 3. The summed E-state index contributed by atoms with van der Waals surface area (Å²) in [4.78, 5) is 19.8. The normalized spacial score (nSPS) is 16.2. The van der Waals surface area contributed by atoms with Gasteiger partial charge >= 0.3 is 6.18 Å². The maximum absolute atomic E-state index is 12.6. The molecule has 1 aromatic heterocycles. The van der Waals surface area contributed by atoms with Gasteiger partial charge in [0.05, 0.1) is 6.42 Å². The monoisotopic (exact) mass is 383 g/mol. The highest BCUT2D eigenvalue weighted by Crippen LogP contribution is 2.19. The molecular formula is C19H24F3N3O2. The van der Waals surface area contributed by atoms with Gasteiger partial charge in [0.2, 0.25) is 5.91 Å². The van der Waals surface area contributed by atoms with Crippen LogP contribution in [0.25, 0.3) is 10.9 Å². The summed E-state index contributed by atoms with van der Waals surface area (Å²) in [6.07, 6.45) is -1.45. The van der Waals surface area contributed by atoms with E-state index in [1.165, 1.54) is 0 Å². The van der Waals surface area contributed by atoms with Crippen LogP contribution in [0.2, 0.25) is 0 Å². The number of carbonyl (C=O) groups excluding carboxylic acids is 1. The lowest BCUT2D eigenvalue weighted by atomic mass is 10.1. The van der Waals surface area contributed by atoms with E-state index < -0.39 is 12.8 Å². The highest BCUT2D eigenvalue weighted by atomic mass is 19.4. The van der Waals surface area contributed by atoms with E-state index in [1.807, 2.05) is 35.4 Å². The van der Waals surface area contributed by atoms with Crippen molar-refractivity contribution in [1.82, 2.24) is 14.8 Å². The number of amides is 1. The van der Waals surface area contributed by atoms with Gasteiger partial charge in [-0.25, -0.2) is 0 Å². The Morgan fingerprint density at radius 1 is 1.15 bits per heavy atom. The molecule has 0 atom stereocenters. The Bertz CT molecular complexity index is 752. The third-order valence-corrected chi connectivity index (χ3v) is 4.77. The zero-order valence-corrected chi connectivity index (χ0v) is 15.1. The van der Waals surface area contributed by atoms with E-state index in [1.54, 1.807) is 0 Å². The summed E-state index contributed by atoms with van der Waals surface area (Å²) in [5.74, 6) is 0.105. The van der Waals surface area contributed by atoms with Gasteiger partial charge in [0.15, 0.2) is 0 Å². The quantitative estimate of drug-likeness (QED) is 0.748. The number of hydrogen-bond donors (Lipinski definition) is 1. The van der Waals surface area contributed by atoms with E-state index >= 15 is 0 Å². The molecule has 1 N–H and O–H groups in total. The lowest BCUT2D eigenvalue weighted by molar-refractivity contribution is -0.174. The van der Waals surface area contributed by atoms with Gasteiger partial charge in [0, 0.05) is 56.4 Å². The molecule has 1 aliphatic rings. The molecule has 0 saturated carbocycles. The second-order valence-corrected chi connectivity index (χ2v) is 6.78. The first kappa shape index (κ1) is 19.7. The minimum atomic E-state index is -4.27. The molecular weight excluding hydrogens is 359 g/mol. The van der Waals surface area contributed by atoms with Crippen LogP contribution in [0.15, 0.2) is 30.5 Å². The number of nitrogens with zero attached hydrogens (tertiary/aromatic N) is 2. The molecule has 27 heavy (non-hydrogen) atoms. The second-order valence-electron chi connectivity index (χ2n) is 6.78. The molecule has 0 bridgehead atoms.